The van der Waals surface area contributed by atoms with Crippen molar-refractivity contribution in [1.29, 1.82) is 0 Å². The van der Waals surface area contributed by atoms with Gasteiger partial charge in [-0.2, -0.15) is 0 Å². The molecular formula is C13H23NO2. The van der Waals surface area contributed by atoms with Crippen LogP contribution in [0.1, 0.15) is 46.0 Å². The smallest absolute Gasteiger partial charge is 0.223 e. The summed E-state index contributed by atoms with van der Waals surface area (Å²) >= 11 is 0. The Morgan fingerprint density at radius 1 is 1.44 bits per heavy atom. The second-order valence-corrected chi connectivity index (χ2v) is 6.08. The lowest BCUT2D eigenvalue weighted by molar-refractivity contribution is -0.128. The summed E-state index contributed by atoms with van der Waals surface area (Å²) in [6.45, 7) is 4.78. The maximum Gasteiger partial charge on any atom is 0.223 e. The summed E-state index contributed by atoms with van der Waals surface area (Å²) in [6, 6.07) is 0. The van der Waals surface area contributed by atoms with Crippen molar-refractivity contribution < 1.29 is 9.90 Å². The Hall–Kier alpha value is -0.570. The fraction of sp³-hybridized carbons (Fsp3) is 0.923. The highest BCUT2D eigenvalue weighted by molar-refractivity contribution is 5.79. The fourth-order valence-corrected chi connectivity index (χ4v) is 2.79. The van der Waals surface area contributed by atoms with E-state index in [9.17, 15) is 9.90 Å². The van der Waals surface area contributed by atoms with Crippen molar-refractivity contribution >= 4 is 5.91 Å². The summed E-state index contributed by atoms with van der Waals surface area (Å²) in [7, 11) is 0. The van der Waals surface area contributed by atoms with E-state index in [0.717, 1.165) is 32.1 Å². The number of rotatable bonds is 4. The lowest BCUT2D eigenvalue weighted by atomic mass is 9.81. The molecule has 0 aliphatic heterocycles. The summed E-state index contributed by atoms with van der Waals surface area (Å²) in [5, 5.41) is 12.6. The van der Waals surface area contributed by atoms with Crippen molar-refractivity contribution in [1.82, 2.24) is 5.32 Å². The van der Waals surface area contributed by atoms with Crippen LogP contribution in [0.15, 0.2) is 0 Å². The molecule has 2 saturated carbocycles. The molecule has 2 fully saturated rings. The van der Waals surface area contributed by atoms with E-state index in [1.54, 1.807) is 0 Å². The second-order valence-electron chi connectivity index (χ2n) is 6.08. The number of nitrogens with one attached hydrogen (secondary N) is 1. The highest BCUT2D eigenvalue weighted by Crippen LogP contribution is 2.42. The summed E-state index contributed by atoms with van der Waals surface area (Å²) in [5.41, 5.74) is 0.134. The molecule has 0 heterocycles. The highest BCUT2D eigenvalue weighted by Gasteiger charge is 2.39. The molecule has 0 spiro atoms. The Balaban J connectivity index is 1.78. The van der Waals surface area contributed by atoms with Gasteiger partial charge in [-0.1, -0.05) is 20.3 Å². The number of carbonyl (C=O) groups is 1. The maximum atomic E-state index is 12.0. The first-order valence-electron chi connectivity index (χ1n) is 6.46. The SMILES string of the molecule is CC1(C)CCCC1C(=O)NCC(O)C1CC1. The van der Waals surface area contributed by atoms with Crippen LogP contribution in [0.25, 0.3) is 0 Å². The fourth-order valence-electron chi connectivity index (χ4n) is 2.79. The molecule has 92 valence electrons. The Bertz CT molecular complexity index is 271. The minimum Gasteiger partial charge on any atom is -0.391 e. The molecule has 2 unspecified atom stereocenters. The molecule has 1 amide bonds. The van der Waals surface area contributed by atoms with Crippen molar-refractivity contribution in [2.24, 2.45) is 17.3 Å². The van der Waals surface area contributed by atoms with Gasteiger partial charge in [-0.25, -0.2) is 0 Å². The first-order chi connectivity index (χ1) is 7.50. The zero-order valence-corrected chi connectivity index (χ0v) is 10.3. The van der Waals surface area contributed by atoms with Crippen molar-refractivity contribution in [3.8, 4) is 0 Å². The Labute approximate surface area is 97.6 Å². The van der Waals surface area contributed by atoms with E-state index in [1.165, 1.54) is 0 Å². The number of hydrogen-bond donors (Lipinski definition) is 2. The van der Waals surface area contributed by atoms with Crippen molar-refractivity contribution in [3.05, 3.63) is 0 Å². The van der Waals surface area contributed by atoms with Crippen LogP contribution >= 0.6 is 0 Å². The first-order valence-corrected chi connectivity index (χ1v) is 6.46. The average Bonchev–Trinajstić information content (AvgIpc) is 2.99. The van der Waals surface area contributed by atoms with Crippen LogP contribution < -0.4 is 5.32 Å². The Kier molecular flexibility index (Phi) is 3.24. The third-order valence-corrected chi connectivity index (χ3v) is 4.23. The van der Waals surface area contributed by atoms with E-state index in [2.05, 4.69) is 19.2 Å². The quantitative estimate of drug-likeness (QED) is 0.765. The molecule has 0 saturated heterocycles. The van der Waals surface area contributed by atoms with Crippen LogP contribution in [-0.2, 0) is 4.79 Å². The van der Waals surface area contributed by atoms with Gasteiger partial charge in [-0.3, -0.25) is 4.79 Å². The topological polar surface area (TPSA) is 49.3 Å². The number of hydrogen-bond acceptors (Lipinski definition) is 2. The van der Waals surface area contributed by atoms with Gasteiger partial charge in [0.15, 0.2) is 0 Å². The van der Waals surface area contributed by atoms with Crippen LogP contribution in [0.5, 0.6) is 0 Å². The van der Waals surface area contributed by atoms with Gasteiger partial charge in [-0.05, 0) is 37.0 Å². The van der Waals surface area contributed by atoms with Gasteiger partial charge in [0.1, 0.15) is 0 Å². The van der Waals surface area contributed by atoms with E-state index in [-0.39, 0.29) is 23.3 Å². The van der Waals surface area contributed by atoms with E-state index < -0.39 is 0 Å². The average molecular weight is 225 g/mol. The minimum atomic E-state index is -0.325. The molecule has 2 N–H and O–H groups in total. The second kappa shape index (κ2) is 4.36. The molecule has 2 aliphatic rings. The minimum absolute atomic E-state index is 0.134. The lowest BCUT2D eigenvalue weighted by Crippen LogP contribution is -2.40. The van der Waals surface area contributed by atoms with E-state index in [1.807, 2.05) is 0 Å². The predicted molar refractivity (Wildman–Crippen MR) is 62.9 cm³/mol. The lowest BCUT2D eigenvalue weighted by Gasteiger charge is -2.26. The molecule has 0 aromatic heterocycles. The van der Waals surface area contributed by atoms with Crippen molar-refractivity contribution in [2.75, 3.05) is 6.54 Å². The molecule has 3 heteroatoms. The summed E-state index contributed by atoms with van der Waals surface area (Å²) in [6.07, 6.45) is 5.19. The molecule has 16 heavy (non-hydrogen) atoms. The monoisotopic (exact) mass is 225 g/mol. The summed E-state index contributed by atoms with van der Waals surface area (Å²) in [4.78, 5) is 12.0. The molecule has 0 radical (unpaired) electrons. The molecular weight excluding hydrogens is 202 g/mol. The van der Waals surface area contributed by atoms with Gasteiger partial charge < -0.3 is 10.4 Å². The third-order valence-electron chi connectivity index (χ3n) is 4.23. The molecule has 2 aliphatic carbocycles. The van der Waals surface area contributed by atoms with Crippen LogP contribution in [0.3, 0.4) is 0 Å². The third kappa shape index (κ3) is 2.57. The highest BCUT2D eigenvalue weighted by atomic mass is 16.3. The van der Waals surface area contributed by atoms with E-state index >= 15 is 0 Å². The Morgan fingerprint density at radius 2 is 2.12 bits per heavy atom. The standard InChI is InChI=1S/C13H23NO2/c1-13(2)7-3-4-10(13)12(16)14-8-11(15)9-5-6-9/h9-11,15H,3-8H2,1-2H3,(H,14,16). The van der Waals surface area contributed by atoms with E-state index in [4.69, 9.17) is 0 Å². The van der Waals surface area contributed by atoms with Crippen LogP contribution in [-0.4, -0.2) is 23.7 Å². The molecule has 0 aromatic rings. The summed E-state index contributed by atoms with van der Waals surface area (Å²) in [5.74, 6) is 0.720. The van der Waals surface area contributed by atoms with Crippen molar-refractivity contribution in [3.63, 3.8) is 0 Å². The van der Waals surface area contributed by atoms with Crippen molar-refractivity contribution in [2.45, 2.75) is 52.1 Å². The number of amides is 1. The van der Waals surface area contributed by atoms with Gasteiger partial charge in [0.2, 0.25) is 5.91 Å². The van der Waals surface area contributed by atoms with Gasteiger partial charge in [0.25, 0.3) is 0 Å². The molecule has 2 atom stereocenters. The molecule has 0 aromatic carbocycles. The van der Waals surface area contributed by atoms with Crippen LogP contribution in [0.2, 0.25) is 0 Å². The molecule has 3 nitrogen and oxygen atoms in total. The maximum absolute atomic E-state index is 12.0. The van der Waals surface area contributed by atoms with Gasteiger partial charge in [0, 0.05) is 12.5 Å². The van der Waals surface area contributed by atoms with E-state index in [0.29, 0.717) is 12.5 Å². The Morgan fingerprint density at radius 3 is 2.62 bits per heavy atom. The number of carbonyl (C=O) groups excluding carboxylic acids is 1. The predicted octanol–water partition coefficient (Wildman–Crippen LogP) is 1.70. The van der Waals surface area contributed by atoms with Gasteiger partial charge in [-0.15, -0.1) is 0 Å². The number of aliphatic hydroxyl groups is 1. The number of aliphatic hydroxyl groups excluding tert-OH is 1. The normalized spacial score (nSPS) is 30.1. The zero-order chi connectivity index (χ0) is 11.8. The van der Waals surface area contributed by atoms with Crippen LogP contribution in [0, 0.1) is 17.3 Å². The largest absolute Gasteiger partial charge is 0.391 e. The molecule has 2 rings (SSSR count). The van der Waals surface area contributed by atoms with Gasteiger partial charge >= 0.3 is 0 Å². The van der Waals surface area contributed by atoms with Gasteiger partial charge in [0.05, 0.1) is 6.10 Å². The zero-order valence-electron chi connectivity index (χ0n) is 10.3. The summed E-state index contributed by atoms with van der Waals surface area (Å²) < 4.78 is 0. The molecule has 0 bridgehead atoms. The van der Waals surface area contributed by atoms with Crippen LogP contribution in [0.4, 0.5) is 0 Å². The first kappa shape index (κ1) is 11.9.